The number of fused-ring (bicyclic) bond motifs is 1. The van der Waals surface area contributed by atoms with E-state index in [2.05, 4.69) is 9.97 Å². The van der Waals surface area contributed by atoms with Crippen molar-refractivity contribution in [2.75, 3.05) is 13.7 Å². The Hall–Kier alpha value is -2.37. The topological polar surface area (TPSA) is 81.5 Å². The van der Waals surface area contributed by atoms with Crippen LogP contribution in [0, 0.1) is 11.8 Å². The maximum absolute atomic E-state index is 11.0. The number of hydrogen-bond acceptors (Lipinski definition) is 5. The summed E-state index contributed by atoms with van der Waals surface area (Å²) in [6.45, 7) is 0.551. The van der Waals surface area contributed by atoms with E-state index in [0.29, 0.717) is 18.4 Å². The van der Waals surface area contributed by atoms with Crippen LogP contribution in [0.25, 0.3) is 10.9 Å². The standard InChI is InChI=1S/C17H20N2O4/c1-22-13-6-7-15-14(8-13)16(19-10-18-15)23-9-11-2-4-12(5-3-11)17(20)21/h6-8,10-12H,2-5,9H2,1H3,(H,20,21)/t11-,12-. The van der Waals surface area contributed by atoms with Crippen LogP contribution in [0.5, 0.6) is 11.6 Å². The van der Waals surface area contributed by atoms with Gasteiger partial charge in [0.1, 0.15) is 12.1 Å². The van der Waals surface area contributed by atoms with Crippen molar-refractivity contribution in [1.29, 1.82) is 0 Å². The average molecular weight is 316 g/mol. The van der Waals surface area contributed by atoms with E-state index >= 15 is 0 Å². The van der Waals surface area contributed by atoms with Crippen LogP contribution < -0.4 is 9.47 Å². The van der Waals surface area contributed by atoms with Gasteiger partial charge in [0.2, 0.25) is 5.88 Å². The highest BCUT2D eigenvalue weighted by atomic mass is 16.5. The highest BCUT2D eigenvalue weighted by Gasteiger charge is 2.26. The van der Waals surface area contributed by atoms with Crippen LogP contribution >= 0.6 is 0 Å². The molecular formula is C17H20N2O4. The summed E-state index contributed by atoms with van der Waals surface area (Å²) < 4.78 is 11.1. The number of carbonyl (C=O) groups is 1. The van der Waals surface area contributed by atoms with Crippen LogP contribution in [0.2, 0.25) is 0 Å². The molecule has 0 saturated heterocycles. The van der Waals surface area contributed by atoms with Gasteiger partial charge in [-0.2, -0.15) is 0 Å². The van der Waals surface area contributed by atoms with Crippen LogP contribution in [0.15, 0.2) is 24.5 Å². The van der Waals surface area contributed by atoms with Crippen LogP contribution in [0.3, 0.4) is 0 Å². The molecule has 0 unspecified atom stereocenters. The number of benzene rings is 1. The lowest BCUT2D eigenvalue weighted by Crippen LogP contribution is -2.24. The number of aromatic nitrogens is 2. The number of aliphatic carboxylic acids is 1. The molecule has 122 valence electrons. The number of carboxylic acids is 1. The molecule has 0 spiro atoms. The van der Waals surface area contributed by atoms with Gasteiger partial charge in [-0.05, 0) is 49.8 Å². The number of ether oxygens (including phenoxy) is 2. The van der Waals surface area contributed by atoms with Gasteiger partial charge in [-0.3, -0.25) is 4.79 Å². The van der Waals surface area contributed by atoms with Gasteiger partial charge in [-0.1, -0.05) is 0 Å². The van der Waals surface area contributed by atoms with Crippen LogP contribution in [-0.4, -0.2) is 34.8 Å². The molecule has 1 aliphatic rings. The Kier molecular flexibility index (Phi) is 4.60. The summed E-state index contributed by atoms with van der Waals surface area (Å²) in [5.74, 6) is 0.781. The third-order valence-electron chi connectivity index (χ3n) is 4.46. The fraction of sp³-hybridized carbons (Fsp3) is 0.471. The van der Waals surface area contributed by atoms with Crippen molar-refractivity contribution in [3.8, 4) is 11.6 Å². The van der Waals surface area contributed by atoms with Crippen molar-refractivity contribution in [2.45, 2.75) is 25.7 Å². The Balaban J connectivity index is 1.67. The van der Waals surface area contributed by atoms with Gasteiger partial charge in [0.15, 0.2) is 0 Å². The second-order valence-corrected chi connectivity index (χ2v) is 5.93. The quantitative estimate of drug-likeness (QED) is 0.913. The second-order valence-electron chi connectivity index (χ2n) is 5.93. The van der Waals surface area contributed by atoms with E-state index in [4.69, 9.17) is 14.6 Å². The van der Waals surface area contributed by atoms with Crippen LogP contribution in [0.4, 0.5) is 0 Å². The molecule has 0 radical (unpaired) electrons. The first-order chi connectivity index (χ1) is 11.2. The largest absolute Gasteiger partial charge is 0.497 e. The van der Waals surface area contributed by atoms with Crippen molar-refractivity contribution in [2.24, 2.45) is 11.8 Å². The van der Waals surface area contributed by atoms with Crippen molar-refractivity contribution in [3.63, 3.8) is 0 Å². The Morgan fingerprint density at radius 1 is 1.26 bits per heavy atom. The molecule has 23 heavy (non-hydrogen) atoms. The normalized spacial score (nSPS) is 21.1. The van der Waals surface area contributed by atoms with E-state index in [1.165, 1.54) is 6.33 Å². The lowest BCUT2D eigenvalue weighted by atomic mass is 9.82. The van der Waals surface area contributed by atoms with Crippen LogP contribution in [0.1, 0.15) is 25.7 Å². The van der Waals surface area contributed by atoms with E-state index < -0.39 is 5.97 Å². The summed E-state index contributed by atoms with van der Waals surface area (Å²) >= 11 is 0. The second kappa shape index (κ2) is 6.81. The maximum atomic E-state index is 11.0. The lowest BCUT2D eigenvalue weighted by Gasteiger charge is -2.25. The molecule has 1 aliphatic carbocycles. The zero-order valence-electron chi connectivity index (χ0n) is 13.1. The van der Waals surface area contributed by atoms with Gasteiger partial charge in [0.05, 0.1) is 30.5 Å². The monoisotopic (exact) mass is 316 g/mol. The van der Waals surface area contributed by atoms with Crippen molar-refractivity contribution in [1.82, 2.24) is 9.97 Å². The first-order valence-corrected chi connectivity index (χ1v) is 7.81. The summed E-state index contributed by atoms with van der Waals surface area (Å²) in [6.07, 6.45) is 4.70. The van der Waals surface area contributed by atoms with Crippen molar-refractivity contribution in [3.05, 3.63) is 24.5 Å². The van der Waals surface area contributed by atoms with Gasteiger partial charge in [-0.15, -0.1) is 0 Å². The van der Waals surface area contributed by atoms with Crippen molar-refractivity contribution >= 4 is 16.9 Å². The maximum Gasteiger partial charge on any atom is 0.306 e. The minimum Gasteiger partial charge on any atom is -0.497 e. The number of hydrogen-bond donors (Lipinski definition) is 1. The molecule has 2 aromatic rings. The van der Waals surface area contributed by atoms with Gasteiger partial charge < -0.3 is 14.6 Å². The van der Waals surface area contributed by atoms with Gasteiger partial charge in [0, 0.05) is 0 Å². The smallest absolute Gasteiger partial charge is 0.306 e. The summed E-state index contributed by atoms with van der Waals surface area (Å²) in [5, 5.41) is 9.87. The van der Waals surface area contributed by atoms with E-state index in [1.54, 1.807) is 7.11 Å². The van der Waals surface area contributed by atoms with E-state index in [-0.39, 0.29) is 5.92 Å². The lowest BCUT2D eigenvalue weighted by molar-refractivity contribution is -0.143. The third-order valence-corrected chi connectivity index (χ3v) is 4.46. The predicted molar refractivity (Wildman–Crippen MR) is 84.7 cm³/mol. The number of carboxylic acid groups (broad SMARTS) is 1. The first kappa shape index (κ1) is 15.5. The molecule has 0 amide bonds. The highest BCUT2D eigenvalue weighted by molar-refractivity contribution is 5.84. The Bertz CT molecular complexity index is 696. The Morgan fingerprint density at radius 3 is 2.74 bits per heavy atom. The van der Waals surface area contributed by atoms with E-state index in [9.17, 15) is 4.79 Å². The summed E-state index contributed by atoms with van der Waals surface area (Å²) in [5.41, 5.74) is 0.811. The van der Waals surface area contributed by atoms with Gasteiger partial charge >= 0.3 is 5.97 Å². The van der Waals surface area contributed by atoms with Crippen molar-refractivity contribution < 1.29 is 19.4 Å². The minimum absolute atomic E-state index is 0.199. The molecule has 1 N–H and O–H groups in total. The molecule has 6 heteroatoms. The number of rotatable bonds is 5. The minimum atomic E-state index is -0.682. The molecule has 1 fully saturated rings. The zero-order valence-corrected chi connectivity index (χ0v) is 13.1. The molecule has 1 saturated carbocycles. The fourth-order valence-electron chi connectivity index (χ4n) is 3.03. The molecule has 1 aromatic heterocycles. The average Bonchev–Trinajstić information content (AvgIpc) is 2.59. The number of nitrogens with zero attached hydrogens (tertiary/aromatic N) is 2. The Labute approximate surface area is 134 Å². The molecular weight excluding hydrogens is 296 g/mol. The molecule has 3 rings (SSSR count). The summed E-state index contributed by atoms with van der Waals surface area (Å²) in [6, 6.07) is 5.60. The Morgan fingerprint density at radius 2 is 2.04 bits per heavy atom. The molecule has 1 heterocycles. The summed E-state index contributed by atoms with van der Waals surface area (Å²) in [4.78, 5) is 19.4. The highest BCUT2D eigenvalue weighted by Crippen LogP contribution is 2.31. The third kappa shape index (κ3) is 3.52. The van der Waals surface area contributed by atoms with Gasteiger partial charge in [-0.25, -0.2) is 9.97 Å². The SMILES string of the molecule is COc1ccc2ncnc(OC[C@H]3CC[C@H](C(=O)O)CC3)c2c1. The first-order valence-electron chi connectivity index (χ1n) is 7.81. The fourth-order valence-corrected chi connectivity index (χ4v) is 3.03. The van der Waals surface area contributed by atoms with E-state index in [1.807, 2.05) is 18.2 Å². The summed E-state index contributed by atoms with van der Waals surface area (Å²) in [7, 11) is 1.62. The molecule has 0 aliphatic heterocycles. The molecule has 0 bridgehead atoms. The molecule has 0 atom stereocenters. The predicted octanol–water partition coefficient (Wildman–Crippen LogP) is 2.91. The zero-order chi connectivity index (χ0) is 16.2. The van der Waals surface area contributed by atoms with Gasteiger partial charge in [0.25, 0.3) is 0 Å². The molecule has 6 nitrogen and oxygen atoms in total. The number of methoxy groups -OCH3 is 1. The molecule has 1 aromatic carbocycles. The van der Waals surface area contributed by atoms with E-state index in [0.717, 1.165) is 42.3 Å². The van der Waals surface area contributed by atoms with Crippen LogP contribution in [-0.2, 0) is 4.79 Å².